The molecule has 0 spiro atoms. The minimum atomic E-state index is -4.69. The lowest BCUT2D eigenvalue weighted by Crippen LogP contribution is -2.47. The number of carbonyl (C=O) groups is 1. The molecule has 1 amide bonds. The van der Waals surface area contributed by atoms with Gasteiger partial charge in [0.05, 0.1) is 6.54 Å². The first-order valence-electron chi connectivity index (χ1n) is 5.55. The van der Waals surface area contributed by atoms with Gasteiger partial charge in [-0.3, -0.25) is 4.79 Å². The molecular weight excluding hydrogens is 302 g/mol. The number of likely N-dealkylation sites (N-methyl/N-ethyl adjacent to an activating group) is 1. The van der Waals surface area contributed by atoms with Gasteiger partial charge >= 0.3 is 12.3 Å². The third-order valence-corrected chi connectivity index (χ3v) is 2.67. The molecule has 0 bridgehead atoms. The third kappa shape index (κ3) is 4.26. The average Bonchev–Trinajstić information content (AvgIpc) is 2.39. The van der Waals surface area contributed by atoms with Gasteiger partial charge in [0, 0.05) is 12.1 Å². The summed E-state index contributed by atoms with van der Waals surface area (Å²) in [6.07, 6.45) is -4.03. The quantitative estimate of drug-likeness (QED) is 0.755. The second-order valence-corrected chi connectivity index (χ2v) is 4.39. The Balaban J connectivity index is 2.45. The zero-order valence-corrected chi connectivity index (χ0v) is 11.2. The van der Waals surface area contributed by atoms with Gasteiger partial charge in [-0.25, -0.2) is 8.78 Å². The highest BCUT2D eigenvalue weighted by atomic mass is 35.5. The SMILES string of the molecule is CN(CCOc1ccc(Cl)cc1)C(=O)C(F)(F)C(F)F. The molecule has 8 heteroatoms. The van der Waals surface area contributed by atoms with Crippen LogP contribution in [0.5, 0.6) is 5.75 Å². The highest BCUT2D eigenvalue weighted by Crippen LogP contribution is 2.24. The molecule has 1 aromatic rings. The summed E-state index contributed by atoms with van der Waals surface area (Å²) in [5.74, 6) is -6.20. The highest BCUT2D eigenvalue weighted by molar-refractivity contribution is 6.30. The molecule has 0 N–H and O–H groups in total. The van der Waals surface area contributed by atoms with E-state index in [4.69, 9.17) is 16.3 Å². The number of benzene rings is 1. The zero-order valence-electron chi connectivity index (χ0n) is 10.5. The third-order valence-electron chi connectivity index (χ3n) is 2.41. The summed E-state index contributed by atoms with van der Waals surface area (Å²) in [4.78, 5) is 11.6. The maximum Gasteiger partial charge on any atom is 0.383 e. The van der Waals surface area contributed by atoms with Gasteiger partial charge in [0.2, 0.25) is 0 Å². The lowest BCUT2D eigenvalue weighted by molar-refractivity contribution is -0.179. The van der Waals surface area contributed by atoms with E-state index in [1.54, 1.807) is 24.3 Å². The van der Waals surface area contributed by atoms with Crippen LogP contribution in [0, 0.1) is 0 Å². The number of hydrogen-bond acceptors (Lipinski definition) is 2. The van der Waals surface area contributed by atoms with Crippen molar-refractivity contribution in [1.29, 1.82) is 0 Å². The van der Waals surface area contributed by atoms with Crippen molar-refractivity contribution in [2.45, 2.75) is 12.3 Å². The number of hydrogen-bond donors (Lipinski definition) is 0. The predicted molar refractivity (Wildman–Crippen MR) is 65.5 cm³/mol. The lowest BCUT2D eigenvalue weighted by Gasteiger charge is -2.22. The molecule has 0 atom stereocenters. The molecule has 0 aliphatic carbocycles. The van der Waals surface area contributed by atoms with Crippen molar-refractivity contribution in [3.63, 3.8) is 0 Å². The number of nitrogens with zero attached hydrogens (tertiary/aromatic N) is 1. The number of amides is 1. The molecule has 0 heterocycles. The number of alkyl halides is 4. The second-order valence-electron chi connectivity index (χ2n) is 3.95. The van der Waals surface area contributed by atoms with Crippen LogP contribution in [-0.4, -0.2) is 43.4 Å². The molecule has 1 rings (SSSR count). The van der Waals surface area contributed by atoms with Gasteiger partial charge in [-0.2, -0.15) is 8.78 Å². The second kappa shape index (κ2) is 6.78. The number of carbonyl (C=O) groups excluding carboxylic acids is 1. The normalized spacial score (nSPS) is 11.6. The van der Waals surface area contributed by atoms with Crippen LogP contribution >= 0.6 is 11.6 Å². The van der Waals surface area contributed by atoms with E-state index in [1.165, 1.54) is 0 Å². The molecule has 112 valence electrons. The first kappa shape index (κ1) is 16.6. The molecule has 0 aromatic heterocycles. The summed E-state index contributed by atoms with van der Waals surface area (Å²) in [5.41, 5.74) is 0. The molecule has 0 aliphatic heterocycles. The molecule has 0 aliphatic rings. The maximum absolute atomic E-state index is 12.8. The average molecular weight is 314 g/mol. The summed E-state index contributed by atoms with van der Waals surface area (Å²) in [6.45, 7) is -0.354. The molecule has 0 fully saturated rings. The number of rotatable bonds is 6. The van der Waals surface area contributed by atoms with E-state index < -0.39 is 18.3 Å². The molecule has 0 saturated carbocycles. The van der Waals surface area contributed by atoms with Gasteiger partial charge in [0.15, 0.2) is 0 Å². The fraction of sp³-hybridized carbons (Fsp3) is 0.417. The summed E-state index contributed by atoms with van der Waals surface area (Å²) < 4.78 is 54.8. The summed E-state index contributed by atoms with van der Waals surface area (Å²) in [5, 5.41) is 0.501. The number of halogens is 5. The van der Waals surface area contributed by atoms with Crippen molar-refractivity contribution in [3.8, 4) is 5.75 Å². The minimum absolute atomic E-state index is 0.108. The Labute approximate surface area is 118 Å². The van der Waals surface area contributed by atoms with Gasteiger partial charge in [-0.05, 0) is 24.3 Å². The van der Waals surface area contributed by atoms with Crippen LogP contribution in [0.3, 0.4) is 0 Å². The highest BCUT2D eigenvalue weighted by Gasteiger charge is 2.50. The Morgan fingerprint density at radius 3 is 2.40 bits per heavy atom. The van der Waals surface area contributed by atoms with Gasteiger partial charge in [-0.1, -0.05) is 11.6 Å². The summed E-state index contributed by atoms with van der Waals surface area (Å²) in [7, 11) is 1.00. The topological polar surface area (TPSA) is 29.5 Å². The molecular formula is C12H12ClF4NO2. The monoisotopic (exact) mass is 313 g/mol. The Morgan fingerprint density at radius 2 is 1.90 bits per heavy atom. The van der Waals surface area contributed by atoms with Crippen molar-refractivity contribution >= 4 is 17.5 Å². The van der Waals surface area contributed by atoms with Crippen LogP contribution in [0.2, 0.25) is 5.02 Å². The van der Waals surface area contributed by atoms with Crippen LogP contribution in [0.15, 0.2) is 24.3 Å². The van der Waals surface area contributed by atoms with Gasteiger partial charge in [0.25, 0.3) is 5.91 Å². The van der Waals surface area contributed by atoms with E-state index in [-0.39, 0.29) is 13.2 Å². The zero-order chi connectivity index (χ0) is 15.3. The lowest BCUT2D eigenvalue weighted by atomic mass is 10.3. The van der Waals surface area contributed by atoms with E-state index in [2.05, 4.69) is 0 Å². The van der Waals surface area contributed by atoms with Crippen molar-refractivity contribution in [3.05, 3.63) is 29.3 Å². The molecule has 20 heavy (non-hydrogen) atoms. The number of ether oxygens (including phenoxy) is 1. The van der Waals surface area contributed by atoms with E-state index in [1.807, 2.05) is 0 Å². The summed E-state index contributed by atoms with van der Waals surface area (Å²) >= 11 is 5.65. The van der Waals surface area contributed by atoms with Crippen molar-refractivity contribution < 1.29 is 27.1 Å². The van der Waals surface area contributed by atoms with Crippen molar-refractivity contribution in [1.82, 2.24) is 4.90 Å². The van der Waals surface area contributed by atoms with Crippen molar-refractivity contribution in [2.75, 3.05) is 20.2 Å². The standard InChI is InChI=1S/C12H12ClF4NO2/c1-18(11(19)12(16,17)10(14)15)6-7-20-9-4-2-8(13)3-5-9/h2-5,10H,6-7H2,1H3. The Kier molecular flexibility index (Phi) is 5.62. The van der Waals surface area contributed by atoms with Crippen LogP contribution in [0.4, 0.5) is 17.6 Å². The van der Waals surface area contributed by atoms with Gasteiger partial charge < -0.3 is 9.64 Å². The fourth-order valence-electron chi connectivity index (χ4n) is 1.28. The van der Waals surface area contributed by atoms with E-state index >= 15 is 0 Å². The van der Waals surface area contributed by atoms with E-state index in [0.717, 1.165) is 7.05 Å². The molecule has 3 nitrogen and oxygen atoms in total. The first-order valence-corrected chi connectivity index (χ1v) is 5.93. The van der Waals surface area contributed by atoms with Crippen LogP contribution < -0.4 is 4.74 Å². The Hall–Kier alpha value is -1.50. The molecule has 0 unspecified atom stereocenters. The fourth-order valence-corrected chi connectivity index (χ4v) is 1.41. The molecule has 0 radical (unpaired) electrons. The molecule has 0 saturated heterocycles. The first-order chi connectivity index (χ1) is 9.25. The summed E-state index contributed by atoms with van der Waals surface area (Å²) in [6, 6.07) is 6.24. The van der Waals surface area contributed by atoms with E-state index in [9.17, 15) is 22.4 Å². The minimum Gasteiger partial charge on any atom is -0.492 e. The predicted octanol–water partition coefficient (Wildman–Crippen LogP) is 3.08. The Morgan fingerprint density at radius 1 is 1.35 bits per heavy atom. The van der Waals surface area contributed by atoms with E-state index in [0.29, 0.717) is 15.7 Å². The van der Waals surface area contributed by atoms with Gasteiger partial charge in [-0.15, -0.1) is 0 Å². The Bertz CT molecular complexity index is 453. The smallest absolute Gasteiger partial charge is 0.383 e. The van der Waals surface area contributed by atoms with Crippen molar-refractivity contribution in [2.24, 2.45) is 0 Å². The van der Waals surface area contributed by atoms with Gasteiger partial charge in [0.1, 0.15) is 12.4 Å². The van der Waals surface area contributed by atoms with Crippen LogP contribution in [-0.2, 0) is 4.79 Å². The maximum atomic E-state index is 12.8. The molecule has 1 aromatic carbocycles. The van der Waals surface area contributed by atoms with Crippen LogP contribution in [0.1, 0.15) is 0 Å². The largest absolute Gasteiger partial charge is 0.492 e. The van der Waals surface area contributed by atoms with Crippen LogP contribution in [0.25, 0.3) is 0 Å².